The molecule has 0 aliphatic rings. The van der Waals surface area contributed by atoms with Gasteiger partial charge in [0, 0.05) is 10.8 Å². The second-order valence-electron chi connectivity index (χ2n) is 4.36. The van der Waals surface area contributed by atoms with E-state index in [2.05, 4.69) is 4.99 Å². The Hall–Kier alpha value is -1.43. The minimum atomic E-state index is -0.566. The topological polar surface area (TPSA) is 68.9 Å². The van der Waals surface area contributed by atoms with Crippen molar-refractivity contribution in [1.29, 1.82) is 0 Å². The molecule has 94 valence electrons. The highest BCUT2D eigenvalue weighted by Crippen LogP contribution is 2.14. The van der Waals surface area contributed by atoms with E-state index in [1.54, 1.807) is 27.7 Å². The van der Waals surface area contributed by atoms with E-state index in [1.165, 1.54) is 5.38 Å². The fourth-order valence-electron chi connectivity index (χ4n) is 0.838. The van der Waals surface area contributed by atoms with Gasteiger partial charge in [-0.1, -0.05) is 32.1 Å². The Kier molecular flexibility index (Phi) is 4.22. The zero-order valence-electron chi connectivity index (χ0n) is 10.3. The number of rotatable bonds is 2. The quantitative estimate of drug-likeness (QED) is 0.760. The van der Waals surface area contributed by atoms with Gasteiger partial charge in [0.05, 0.1) is 6.61 Å². The summed E-state index contributed by atoms with van der Waals surface area (Å²) in [7, 11) is 0. The molecule has 0 aliphatic heterocycles. The van der Waals surface area contributed by atoms with Crippen LogP contribution in [0.2, 0.25) is 0 Å². The largest absolute Gasteiger partial charge is 0.460 e. The highest BCUT2D eigenvalue weighted by Gasteiger charge is 2.21. The number of amides is 1. The van der Waals surface area contributed by atoms with Crippen LogP contribution in [-0.4, -0.2) is 18.5 Å². The summed E-state index contributed by atoms with van der Waals surface area (Å²) in [6.07, 6.45) is 0. The molecule has 1 amide bonds. The summed E-state index contributed by atoms with van der Waals surface area (Å²) in [6.45, 7) is 7.27. The van der Waals surface area contributed by atoms with E-state index in [9.17, 15) is 9.59 Å². The van der Waals surface area contributed by atoms with E-state index in [-0.39, 0.29) is 23.1 Å². The first kappa shape index (κ1) is 13.6. The molecule has 5 nitrogen and oxygen atoms in total. The van der Waals surface area contributed by atoms with Gasteiger partial charge in [-0.2, -0.15) is 4.99 Å². The predicted molar refractivity (Wildman–Crippen MR) is 62.6 cm³/mol. The van der Waals surface area contributed by atoms with Gasteiger partial charge in [-0.15, -0.1) is 0 Å². The van der Waals surface area contributed by atoms with Gasteiger partial charge in [0.2, 0.25) is 5.76 Å². The summed E-state index contributed by atoms with van der Waals surface area (Å²) in [4.78, 5) is 26.9. The summed E-state index contributed by atoms with van der Waals surface area (Å²) in [6, 6.07) is 0. The van der Waals surface area contributed by atoms with Crippen molar-refractivity contribution < 1.29 is 18.7 Å². The van der Waals surface area contributed by atoms with E-state index in [1.807, 2.05) is 0 Å². The number of ether oxygens (including phenoxy) is 1. The smallest absolute Gasteiger partial charge is 0.375 e. The molecule has 17 heavy (non-hydrogen) atoms. The Bertz CT molecular complexity index is 478. The zero-order valence-corrected chi connectivity index (χ0v) is 11.1. The van der Waals surface area contributed by atoms with Gasteiger partial charge in [-0.3, -0.25) is 4.79 Å². The SMILES string of the molecule is CCOC(=O)c1csc(=NC(=O)C(C)(C)C)o1. The van der Waals surface area contributed by atoms with Gasteiger partial charge in [0.25, 0.3) is 10.8 Å². The Balaban J connectivity index is 2.92. The highest BCUT2D eigenvalue weighted by atomic mass is 32.1. The molecule has 0 saturated heterocycles. The molecule has 1 rings (SSSR count). The first-order chi connectivity index (χ1) is 7.84. The molecule has 1 aromatic rings. The Labute approximate surface area is 103 Å². The lowest BCUT2D eigenvalue weighted by molar-refractivity contribution is -0.125. The van der Waals surface area contributed by atoms with Crippen molar-refractivity contribution in [2.24, 2.45) is 10.4 Å². The van der Waals surface area contributed by atoms with Crippen LogP contribution in [0.5, 0.6) is 0 Å². The first-order valence-corrected chi connectivity index (χ1v) is 6.07. The maximum absolute atomic E-state index is 11.6. The first-order valence-electron chi connectivity index (χ1n) is 5.19. The van der Waals surface area contributed by atoms with E-state index in [0.717, 1.165) is 11.3 Å². The lowest BCUT2D eigenvalue weighted by Gasteiger charge is -2.10. The molecule has 0 aliphatic carbocycles. The van der Waals surface area contributed by atoms with Crippen LogP contribution in [0.15, 0.2) is 14.8 Å². The summed E-state index contributed by atoms with van der Waals surface area (Å²) >= 11 is 1.09. The van der Waals surface area contributed by atoms with Crippen molar-refractivity contribution in [1.82, 2.24) is 0 Å². The second kappa shape index (κ2) is 5.27. The van der Waals surface area contributed by atoms with Gasteiger partial charge < -0.3 is 9.15 Å². The standard InChI is InChI=1S/C11H15NO4S/c1-5-15-8(13)7-6-17-10(16-7)12-9(14)11(2,3)4/h6H,5H2,1-4H3. The van der Waals surface area contributed by atoms with Crippen LogP contribution in [0.25, 0.3) is 0 Å². The van der Waals surface area contributed by atoms with Gasteiger partial charge >= 0.3 is 5.97 Å². The molecule has 0 saturated carbocycles. The van der Waals surface area contributed by atoms with Crippen molar-refractivity contribution in [3.05, 3.63) is 16.0 Å². The fourth-order valence-corrected chi connectivity index (χ4v) is 1.46. The monoisotopic (exact) mass is 257 g/mol. The van der Waals surface area contributed by atoms with E-state index in [4.69, 9.17) is 9.15 Å². The number of nitrogens with zero attached hydrogens (tertiary/aromatic N) is 1. The van der Waals surface area contributed by atoms with Crippen LogP contribution in [-0.2, 0) is 9.53 Å². The van der Waals surface area contributed by atoms with Gasteiger partial charge in [-0.05, 0) is 6.92 Å². The molecule has 6 heteroatoms. The van der Waals surface area contributed by atoms with E-state index >= 15 is 0 Å². The van der Waals surface area contributed by atoms with Crippen LogP contribution in [0.3, 0.4) is 0 Å². The van der Waals surface area contributed by atoms with Crippen molar-refractivity contribution in [3.63, 3.8) is 0 Å². The van der Waals surface area contributed by atoms with Gasteiger partial charge in [0.1, 0.15) is 0 Å². The molecule has 1 aromatic heterocycles. The minimum Gasteiger partial charge on any atom is -0.460 e. The molecule has 0 atom stereocenters. The summed E-state index contributed by atoms with van der Waals surface area (Å²) in [5, 5.41) is 1.48. The van der Waals surface area contributed by atoms with E-state index < -0.39 is 11.4 Å². The molecule has 0 fully saturated rings. The summed E-state index contributed by atoms with van der Waals surface area (Å²) in [5.41, 5.74) is -0.566. The van der Waals surface area contributed by atoms with Crippen molar-refractivity contribution in [2.75, 3.05) is 6.61 Å². The van der Waals surface area contributed by atoms with Crippen LogP contribution < -0.4 is 4.87 Å². The highest BCUT2D eigenvalue weighted by molar-refractivity contribution is 7.07. The average Bonchev–Trinajstić information content (AvgIpc) is 2.65. The fraction of sp³-hybridized carbons (Fsp3) is 0.545. The molecular weight excluding hydrogens is 242 g/mol. The predicted octanol–water partition coefficient (Wildman–Crippen LogP) is 1.99. The normalized spacial score (nSPS) is 12.6. The third-order valence-corrected chi connectivity index (χ3v) is 2.48. The summed E-state index contributed by atoms with van der Waals surface area (Å²) < 4.78 is 9.88. The van der Waals surface area contributed by atoms with Crippen molar-refractivity contribution >= 4 is 23.2 Å². The molecule has 1 heterocycles. The van der Waals surface area contributed by atoms with Gasteiger partial charge in [0.15, 0.2) is 0 Å². The Morgan fingerprint density at radius 1 is 1.47 bits per heavy atom. The molecule has 0 aromatic carbocycles. The van der Waals surface area contributed by atoms with Crippen LogP contribution in [0.4, 0.5) is 0 Å². The lowest BCUT2D eigenvalue weighted by atomic mass is 9.96. The third-order valence-electron chi connectivity index (χ3n) is 1.78. The van der Waals surface area contributed by atoms with Crippen LogP contribution >= 0.6 is 11.3 Å². The lowest BCUT2D eigenvalue weighted by Crippen LogP contribution is -2.19. The molecular formula is C11H15NO4S. The van der Waals surface area contributed by atoms with Crippen LogP contribution in [0.1, 0.15) is 38.2 Å². The van der Waals surface area contributed by atoms with Crippen molar-refractivity contribution in [3.8, 4) is 0 Å². The molecule has 0 bridgehead atoms. The van der Waals surface area contributed by atoms with Crippen LogP contribution in [0, 0.1) is 5.41 Å². The zero-order chi connectivity index (χ0) is 13.1. The molecule has 0 spiro atoms. The maximum atomic E-state index is 11.6. The second-order valence-corrected chi connectivity index (χ2v) is 5.18. The Morgan fingerprint density at radius 2 is 2.12 bits per heavy atom. The number of hydrogen-bond acceptors (Lipinski definition) is 5. The number of carbonyl (C=O) groups excluding carboxylic acids is 2. The maximum Gasteiger partial charge on any atom is 0.375 e. The van der Waals surface area contributed by atoms with E-state index in [0.29, 0.717) is 0 Å². The summed E-state index contributed by atoms with van der Waals surface area (Å²) in [5.74, 6) is -0.774. The number of hydrogen-bond donors (Lipinski definition) is 0. The number of esters is 1. The van der Waals surface area contributed by atoms with Gasteiger partial charge in [-0.25, -0.2) is 4.79 Å². The Morgan fingerprint density at radius 3 is 2.65 bits per heavy atom. The third kappa shape index (κ3) is 3.81. The molecule has 0 N–H and O–H groups in total. The number of carbonyl (C=O) groups is 2. The minimum absolute atomic E-state index is 0.0670. The average molecular weight is 257 g/mol. The van der Waals surface area contributed by atoms with Crippen molar-refractivity contribution in [2.45, 2.75) is 27.7 Å². The molecule has 0 unspecified atom stereocenters. The molecule has 0 radical (unpaired) electrons.